The summed E-state index contributed by atoms with van der Waals surface area (Å²) in [5.41, 5.74) is 0.249. The summed E-state index contributed by atoms with van der Waals surface area (Å²) in [5.74, 6) is 0.878. The van der Waals surface area contributed by atoms with E-state index in [-0.39, 0.29) is 6.10 Å². The van der Waals surface area contributed by atoms with Gasteiger partial charge in [-0.1, -0.05) is 30.3 Å². The highest BCUT2D eigenvalue weighted by molar-refractivity contribution is 5.89. The summed E-state index contributed by atoms with van der Waals surface area (Å²) in [6.45, 7) is 0. The van der Waals surface area contributed by atoms with Gasteiger partial charge in [-0.25, -0.2) is 0 Å². The number of hydrogen-bond donors (Lipinski definition) is 1. The van der Waals surface area contributed by atoms with Crippen LogP contribution >= 0.6 is 0 Å². The highest BCUT2D eigenvalue weighted by Crippen LogP contribution is 2.51. The minimum atomic E-state index is -0.769. The summed E-state index contributed by atoms with van der Waals surface area (Å²) < 4.78 is 5.97. The van der Waals surface area contributed by atoms with Crippen molar-refractivity contribution in [1.82, 2.24) is 0 Å². The Labute approximate surface area is 106 Å². The Hall–Kier alpha value is -1.54. The lowest BCUT2D eigenvalue weighted by atomic mass is 9.77. The van der Waals surface area contributed by atoms with E-state index in [1.165, 1.54) is 5.39 Å². The molecule has 18 heavy (non-hydrogen) atoms. The van der Waals surface area contributed by atoms with Gasteiger partial charge >= 0.3 is 0 Å². The fourth-order valence-corrected chi connectivity index (χ4v) is 3.52. The number of fused-ring (bicyclic) bond motifs is 5. The molecule has 2 aliphatic rings. The van der Waals surface area contributed by atoms with E-state index in [2.05, 4.69) is 18.2 Å². The zero-order valence-electron chi connectivity index (χ0n) is 10.2. The van der Waals surface area contributed by atoms with Crippen molar-refractivity contribution in [1.29, 1.82) is 0 Å². The molecule has 4 rings (SSSR count). The molecule has 0 bridgehead atoms. The molecular weight excluding hydrogens is 224 g/mol. The maximum atomic E-state index is 11.0. The Morgan fingerprint density at radius 2 is 2.00 bits per heavy atom. The largest absolute Gasteiger partial charge is 0.487 e. The molecule has 0 spiro atoms. The number of benzene rings is 2. The third kappa shape index (κ3) is 1.21. The van der Waals surface area contributed by atoms with E-state index in [1.54, 1.807) is 0 Å². The molecule has 0 aromatic heterocycles. The fourth-order valence-electron chi connectivity index (χ4n) is 3.52. The molecule has 2 atom stereocenters. The lowest BCUT2D eigenvalue weighted by molar-refractivity contribution is -0.0667. The molecule has 2 aromatic rings. The van der Waals surface area contributed by atoms with E-state index in [9.17, 15) is 5.11 Å². The first kappa shape index (κ1) is 10.4. The van der Waals surface area contributed by atoms with E-state index in [0.717, 1.165) is 42.4 Å². The lowest BCUT2D eigenvalue weighted by Gasteiger charge is -2.33. The predicted molar refractivity (Wildman–Crippen MR) is 70.7 cm³/mol. The summed E-state index contributed by atoms with van der Waals surface area (Å²) in [6, 6.07) is 12.3. The molecule has 0 saturated heterocycles. The Bertz CT molecular complexity index is 620. The van der Waals surface area contributed by atoms with Gasteiger partial charge in [0.25, 0.3) is 0 Å². The van der Waals surface area contributed by atoms with Crippen LogP contribution in [0.4, 0.5) is 0 Å². The van der Waals surface area contributed by atoms with E-state index in [1.807, 2.05) is 18.2 Å². The van der Waals surface area contributed by atoms with E-state index >= 15 is 0 Å². The summed E-state index contributed by atoms with van der Waals surface area (Å²) in [7, 11) is 0. The van der Waals surface area contributed by atoms with Crippen molar-refractivity contribution in [3.63, 3.8) is 0 Å². The number of hydrogen-bond acceptors (Lipinski definition) is 2. The first-order valence-corrected chi connectivity index (χ1v) is 6.70. The van der Waals surface area contributed by atoms with Crippen LogP contribution < -0.4 is 4.74 Å². The molecule has 2 nitrogen and oxygen atoms in total. The van der Waals surface area contributed by atoms with Crippen molar-refractivity contribution in [2.24, 2.45) is 0 Å². The molecule has 92 valence electrons. The monoisotopic (exact) mass is 240 g/mol. The maximum Gasteiger partial charge on any atom is 0.132 e. The van der Waals surface area contributed by atoms with Crippen LogP contribution in [-0.4, -0.2) is 11.2 Å². The molecule has 1 fully saturated rings. The van der Waals surface area contributed by atoms with Crippen molar-refractivity contribution in [2.45, 2.75) is 37.4 Å². The number of ether oxygens (including phenoxy) is 1. The highest BCUT2D eigenvalue weighted by atomic mass is 16.5. The van der Waals surface area contributed by atoms with Gasteiger partial charge in [0.05, 0.1) is 0 Å². The van der Waals surface area contributed by atoms with Gasteiger partial charge in [0.1, 0.15) is 17.5 Å². The molecule has 1 saturated carbocycles. The second-order valence-corrected chi connectivity index (χ2v) is 5.44. The fraction of sp³-hybridized carbons (Fsp3) is 0.375. The molecule has 2 heteroatoms. The zero-order chi connectivity index (χ0) is 12.2. The second kappa shape index (κ2) is 3.48. The van der Waals surface area contributed by atoms with Crippen molar-refractivity contribution in [3.05, 3.63) is 42.0 Å². The van der Waals surface area contributed by atoms with E-state index < -0.39 is 5.60 Å². The van der Waals surface area contributed by atoms with Gasteiger partial charge in [-0.05, 0) is 42.5 Å². The van der Waals surface area contributed by atoms with Gasteiger partial charge in [0.2, 0.25) is 0 Å². The molecule has 1 N–H and O–H groups in total. The van der Waals surface area contributed by atoms with Crippen molar-refractivity contribution in [2.75, 3.05) is 0 Å². The van der Waals surface area contributed by atoms with Gasteiger partial charge in [-0.2, -0.15) is 0 Å². The van der Waals surface area contributed by atoms with Crippen LogP contribution in [0, 0.1) is 0 Å². The third-order valence-corrected chi connectivity index (χ3v) is 4.40. The van der Waals surface area contributed by atoms with Crippen LogP contribution in [0.5, 0.6) is 5.75 Å². The van der Waals surface area contributed by atoms with Crippen molar-refractivity contribution < 1.29 is 9.84 Å². The Kier molecular flexibility index (Phi) is 2.01. The Balaban J connectivity index is 2.02. The van der Waals surface area contributed by atoms with E-state index in [0.29, 0.717) is 0 Å². The predicted octanol–water partition coefficient (Wildman–Crippen LogP) is 3.36. The molecular formula is C16H16O2. The van der Waals surface area contributed by atoms with Gasteiger partial charge in [0.15, 0.2) is 0 Å². The minimum Gasteiger partial charge on any atom is -0.487 e. The van der Waals surface area contributed by atoms with Gasteiger partial charge in [-0.3, -0.25) is 0 Å². The SMILES string of the molecule is O[C@]12CCCC[C@@H]1Oc1ccc3ccccc3c12. The van der Waals surface area contributed by atoms with E-state index in [4.69, 9.17) is 4.74 Å². The van der Waals surface area contributed by atoms with Crippen LogP contribution in [0.2, 0.25) is 0 Å². The average molecular weight is 240 g/mol. The standard InChI is InChI=1S/C16H16O2/c17-16-10-4-3-7-14(16)18-13-9-8-11-5-1-2-6-12(11)15(13)16/h1-2,5-6,8-9,14,17H,3-4,7,10H2/t14-,16+/m0/s1. The van der Waals surface area contributed by atoms with Crippen molar-refractivity contribution in [3.8, 4) is 5.75 Å². The maximum absolute atomic E-state index is 11.0. The number of rotatable bonds is 0. The first-order valence-electron chi connectivity index (χ1n) is 6.70. The van der Waals surface area contributed by atoms with Crippen LogP contribution in [0.15, 0.2) is 36.4 Å². The number of aliphatic hydroxyl groups is 1. The van der Waals surface area contributed by atoms with Crippen LogP contribution in [0.25, 0.3) is 10.8 Å². The molecule has 0 amide bonds. The van der Waals surface area contributed by atoms with Crippen LogP contribution in [-0.2, 0) is 5.60 Å². The first-order chi connectivity index (χ1) is 8.79. The topological polar surface area (TPSA) is 29.5 Å². The van der Waals surface area contributed by atoms with Gasteiger partial charge < -0.3 is 9.84 Å². The summed E-state index contributed by atoms with van der Waals surface area (Å²) >= 11 is 0. The quantitative estimate of drug-likeness (QED) is 0.765. The molecule has 1 aliphatic heterocycles. The van der Waals surface area contributed by atoms with Crippen LogP contribution in [0.1, 0.15) is 31.2 Å². The second-order valence-electron chi connectivity index (χ2n) is 5.44. The molecule has 0 unspecified atom stereocenters. The summed E-state index contributed by atoms with van der Waals surface area (Å²) in [5, 5.41) is 13.4. The van der Waals surface area contributed by atoms with Crippen molar-refractivity contribution >= 4 is 10.8 Å². The summed E-state index contributed by atoms with van der Waals surface area (Å²) in [4.78, 5) is 0. The molecule has 0 radical (unpaired) electrons. The Morgan fingerprint density at radius 1 is 1.11 bits per heavy atom. The van der Waals surface area contributed by atoms with Gasteiger partial charge in [-0.15, -0.1) is 0 Å². The molecule has 1 aliphatic carbocycles. The normalized spacial score (nSPS) is 29.7. The zero-order valence-corrected chi connectivity index (χ0v) is 10.2. The summed E-state index contributed by atoms with van der Waals surface area (Å²) in [6.07, 6.45) is 3.96. The highest BCUT2D eigenvalue weighted by Gasteiger charge is 2.49. The smallest absolute Gasteiger partial charge is 0.132 e. The van der Waals surface area contributed by atoms with Gasteiger partial charge in [0, 0.05) is 5.56 Å². The lowest BCUT2D eigenvalue weighted by Crippen LogP contribution is -2.40. The average Bonchev–Trinajstić information content (AvgIpc) is 2.71. The minimum absolute atomic E-state index is 0.0490. The Morgan fingerprint density at radius 3 is 2.94 bits per heavy atom. The molecule has 1 heterocycles. The molecule has 2 aromatic carbocycles. The third-order valence-electron chi connectivity index (χ3n) is 4.40. The van der Waals surface area contributed by atoms with Crippen LogP contribution in [0.3, 0.4) is 0 Å².